The van der Waals surface area contributed by atoms with E-state index in [1.54, 1.807) is 29.9 Å². The van der Waals surface area contributed by atoms with Crippen LogP contribution in [0.2, 0.25) is 0 Å². The van der Waals surface area contributed by atoms with Crippen LogP contribution in [0.5, 0.6) is 0 Å². The quantitative estimate of drug-likeness (QED) is 0.571. The van der Waals surface area contributed by atoms with Gasteiger partial charge in [0.1, 0.15) is 12.4 Å². The Labute approximate surface area is 172 Å². The van der Waals surface area contributed by atoms with Crippen molar-refractivity contribution in [1.29, 1.82) is 0 Å². The predicted molar refractivity (Wildman–Crippen MR) is 109 cm³/mol. The number of hydrogen-bond acceptors (Lipinski definition) is 5. The second kappa shape index (κ2) is 8.75. The van der Waals surface area contributed by atoms with Gasteiger partial charge in [-0.2, -0.15) is 0 Å². The van der Waals surface area contributed by atoms with Crippen molar-refractivity contribution in [1.82, 2.24) is 20.1 Å². The molecular formula is C21H21FN4O2S. The van der Waals surface area contributed by atoms with Crippen LogP contribution in [0.4, 0.5) is 4.39 Å². The number of para-hydroxylation sites is 1. The van der Waals surface area contributed by atoms with Gasteiger partial charge in [-0.3, -0.25) is 9.36 Å². The van der Waals surface area contributed by atoms with Crippen molar-refractivity contribution in [3.63, 3.8) is 0 Å². The number of amides is 1. The minimum atomic E-state index is -0.365. The number of carbonyl (C=O) groups is 1. The number of halogens is 1. The van der Waals surface area contributed by atoms with Gasteiger partial charge in [-0.15, -0.1) is 10.2 Å². The number of carbonyl (C=O) groups excluding carboxylic acids is 1. The van der Waals surface area contributed by atoms with Crippen molar-refractivity contribution in [2.24, 2.45) is 0 Å². The van der Waals surface area contributed by atoms with Gasteiger partial charge in [-0.05, 0) is 36.6 Å². The Balaban J connectivity index is 1.60. The predicted octanol–water partition coefficient (Wildman–Crippen LogP) is 3.74. The molecule has 0 spiro atoms. The lowest BCUT2D eigenvalue weighted by molar-refractivity contribution is 0.0950. The molecule has 29 heavy (non-hydrogen) atoms. The van der Waals surface area contributed by atoms with E-state index in [1.165, 1.54) is 17.8 Å². The molecular weight excluding hydrogens is 391 g/mol. The molecule has 0 saturated heterocycles. The SMILES string of the molecule is COCc1nnc(SCc2ccccc2C(=O)NC2CC2)n1-c1ccccc1F. The Bertz CT molecular complexity index is 1020. The average molecular weight is 412 g/mol. The molecule has 1 heterocycles. The van der Waals surface area contributed by atoms with Crippen LogP contribution < -0.4 is 5.32 Å². The summed E-state index contributed by atoms with van der Waals surface area (Å²) in [5.74, 6) is 0.600. The van der Waals surface area contributed by atoms with E-state index in [9.17, 15) is 9.18 Å². The van der Waals surface area contributed by atoms with E-state index in [0.29, 0.717) is 34.0 Å². The number of methoxy groups -OCH3 is 1. The zero-order chi connectivity index (χ0) is 20.2. The molecule has 8 heteroatoms. The van der Waals surface area contributed by atoms with E-state index >= 15 is 0 Å². The molecule has 0 atom stereocenters. The molecule has 1 amide bonds. The zero-order valence-electron chi connectivity index (χ0n) is 16.0. The molecule has 1 aliphatic rings. The number of nitrogens with one attached hydrogen (secondary N) is 1. The number of rotatable bonds is 8. The molecule has 0 unspecified atom stereocenters. The number of ether oxygens (including phenoxy) is 1. The second-order valence-corrected chi connectivity index (χ2v) is 7.75. The molecule has 1 aliphatic carbocycles. The topological polar surface area (TPSA) is 69.0 Å². The molecule has 1 fully saturated rings. The molecule has 0 aliphatic heterocycles. The Kier molecular flexibility index (Phi) is 5.92. The van der Waals surface area contributed by atoms with Gasteiger partial charge in [0.05, 0.1) is 5.69 Å². The van der Waals surface area contributed by atoms with Crippen LogP contribution in [0.3, 0.4) is 0 Å². The third kappa shape index (κ3) is 4.49. The third-order valence-corrected chi connectivity index (χ3v) is 5.58. The molecule has 1 N–H and O–H groups in total. The number of benzene rings is 2. The minimum Gasteiger partial charge on any atom is -0.377 e. The van der Waals surface area contributed by atoms with Gasteiger partial charge in [0.15, 0.2) is 11.0 Å². The summed E-state index contributed by atoms with van der Waals surface area (Å²) in [5, 5.41) is 12.0. The van der Waals surface area contributed by atoms with Crippen LogP contribution >= 0.6 is 11.8 Å². The fourth-order valence-corrected chi connectivity index (χ4v) is 3.96. The van der Waals surface area contributed by atoms with Crippen LogP contribution in [0, 0.1) is 5.82 Å². The van der Waals surface area contributed by atoms with Crippen molar-refractivity contribution < 1.29 is 13.9 Å². The Morgan fingerprint density at radius 1 is 1.21 bits per heavy atom. The van der Waals surface area contributed by atoms with E-state index in [2.05, 4.69) is 15.5 Å². The second-order valence-electron chi connectivity index (χ2n) is 6.81. The highest BCUT2D eigenvalue weighted by Gasteiger charge is 2.25. The lowest BCUT2D eigenvalue weighted by Crippen LogP contribution is -2.26. The normalized spacial score (nSPS) is 13.4. The van der Waals surface area contributed by atoms with E-state index in [4.69, 9.17) is 4.74 Å². The van der Waals surface area contributed by atoms with Gasteiger partial charge >= 0.3 is 0 Å². The maximum atomic E-state index is 14.4. The lowest BCUT2D eigenvalue weighted by atomic mass is 10.1. The van der Waals surface area contributed by atoms with Crippen LogP contribution in [0.1, 0.15) is 34.6 Å². The van der Waals surface area contributed by atoms with Crippen LogP contribution in [-0.4, -0.2) is 33.8 Å². The third-order valence-electron chi connectivity index (χ3n) is 4.60. The first-order chi connectivity index (χ1) is 14.2. The first-order valence-electron chi connectivity index (χ1n) is 9.37. The van der Waals surface area contributed by atoms with E-state index in [-0.39, 0.29) is 18.3 Å². The fourth-order valence-electron chi connectivity index (χ4n) is 2.99. The summed E-state index contributed by atoms with van der Waals surface area (Å²) in [6, 6.07) is 14.3. The van der Waals surface area contributed by atoms with E-state index < -0.39 is 0 Å². The molecule has 0 radical (unpaired) electrons. The van der Waals surface area contributed by atoms with Gasteiger partial charge in [-0.25, -0.2) is 4.39 Å². The minimum absolute atomic E-state index is 0.0562. The van der Waals surface area contributed by atoms with Crippen LogP contribution in [-0.2, 0) is 17.1 Å². The Morgan fingerprint density at radius 3 is 2.72 bits per heavy atom. The van der Waals surface area contributed by atoms with Gasteiger partial charge in [-0.1, -0.05) is 42.1 Å². The maximum absolute atomic E-state index is 14.4. The van der Waals surface area contributed by atoms with Gasteiger partial charge < -0.3 is 10.1 Å². The standard InChI is InChI=1S/C21H21FN4O2S/c1-28-12-19-24-25-21(26(19)18-9-5-4-8-17(18)22)29-13-14-6-2-3-7-16(14)20(27)23-15-10-11-15/h2-9,15H,10-13H2,1H3,(H,23,27). The van der Waals surface area contributed by atoms with Crippen molar-refractivity contribution in [3.8, 4) is 5.69 Å². The van der Waals surface area contributed by atoms with E-state index in [0.717, 1.165) is 18.4 Å². The van der Waals surface area contributed by atoms with Gasteiger partial charge in [0, 0.05) is 24.5 Å². The highest BCUT2D eigenvalue weighted by Crippen LogP contribution is 2.28. The summed E-state index contributed by atoms with van der Waals surface area (Å²) in [7, 11) is 1.56. The smallest absolute Gasteiger partial charge is 0.251 e. The Morgan fingerprint density at radius 2 is 1.97 bits per heavy atom. The number of thioether (sulfide) groups is 1. The fraction of sp³-hybridized carbons (Fsp3) is 0.286. The monoisotopic (exact) mass is 412 g/mol. The number of nitrogens with zero attached hydrogens (tertiary/aromatic N) is 3. The van der Waals surface area contributed by atoms with Crippen LogP contribution in [0.15, 0.2) is 53.7 Å². The van der Waals surface area contributed by atoms with Crippen molar-refractivity contribution >= 4 is 17.7 Å². The van der Waals surface area contributed by atoms with Crippen molar-refractivity contribution in [2.75, 3.05) is 7.11 Å². The molecule has 1 aromatic heterocycles. The molecule has 150 valence electrons. The van der Waals surface area contributed by atoms with Crippen molar-refractivity contribution in [2.45, 2.75) is 36.4 Å². The maximum Gasteiger partial charge on any atom is 0.251 e. The Hall–Kier alpha value is -2.71. The zero-order valence-corrected chi connectivity index (χ0v) is 16.8. The summed E-state index contributed by atoms with van der Waals surface area (Å²) < 4.78 is 21.3. The lowest BCUT2D eigenvalue weighted by Gasteiger charge is -2.12. The number of hydrogen-bond donors (Lipinski definition) is 1. The van der Waals surface area contributed by atoms with Gasteiger partial charge in [0.2, 0.25) is 0 Å². The first kappa shape index (κ1) is 19.6. The molecule has 6 nitrogen and oxygen atoms in total. The molecule has 3 aromatic rings. The highest BCUT2D eigenvalue weighted by atomic mass is 32.2. The molecule has 4 rings (SSSR count). The summed E-state index contributed by atoms with van der Waals surface area (Å²) >= 11 is 1.40. The average Bonchev–Trinajstić information content (AvgIpc) is 3.46. The summed E-state index contributed by atoms with van der Waals surface area (Å²) in [6.07, 6.45) is 2.08. The molecule has 2 aromatic carbocycles. The largest absolute Gasteiger partial charge is 0.377 e. The van der Waals surface area contributed by atoms with E-state index in [1.807, 2.05) is 24.3 Å². The molecule has 1 saturated carbocycles. The number of aromatic nitrogens is 3. The first-order valence-corrected chi connectivity index (χ1v) is 10.4. The highest BCUT2D eigenvalue weighted by molar-refractivity contribution is 7.98. The summed E-state index contributed by atoms with van der Waals surface area (Å²) in [6.45, 7) is 0.211. The summed E-state index contributed by atoms with van der Waals surface area (Å²) in [5.41, 5.74) is 1.92. The van der Waals surface area contributed by atoms with Crippen molar-refractivity contribution in [3.05, 3.63) is 71.3 Å². The summed E-state index contributed by atoms with van der Waals surface area (Å²) in [4.78, 5) is 12.5. The molecule has 0 bridgehead atoms. The van der Waals surface area contributed by atoms with Gasteiger partial charge in [0.25, 0.3) is 5.91 Å². The van der Waals surface area contributed by atoms with Crippen LogP contribution in [0.25, 0.3) is 5.69 Å².